The highest BCUT2D eigenvalue weighted by Crippen LogP contribution is 2.28. The fraction of sp³-hybridized carbons (Fsp3) is 0.190. The summed E-state index contributed by atoms with van der Waals surface area (Å²) in [6, 6.07) is 6.45. The van der Waals surface area contributed by atoms with E-state index in [0.29, 0.717) is 22.9 Å². The molecule has 0 saturated carbocycles. The van der Waals surface area contributed by atoms with Gasteiger partial charge in [0.1, 0.15) is 17.2 Å². The largest absolute Gasteiger partial charge is 0.491 e. The van der Waals surface area contributed by atoms with Crippen LogP contribution in [0.25, 0.3) is 11.6 Å². The molecule has 0 spiro atoms. The van der Waals surface area contributed by atoms with Gasteiger partial charge in [-0.05, 0) is 26.0 Å². The highest BCUT2D eigenvalue weighted by Gasteiger charge is 2.16. The lowest BCUT2D eigenvalue weighted by atomic mass is 10.2. The average Bonchev–Trinajstić information content (AvgIpc) is 3.43. The lowest BCUT2D eigenvalue weighted by molar-refractivity contribution is 0.0985. The third-order valence-corrected chi connectivity index (χ3v) is 4.19. The molecule has 13 nitrogen and oxygen atoms in total. The van der Waals surface area contributed by atoms with E-state index in [0.717, 1.165) is 0 Å². The van der Waals surface area contributed by atoms with E-state index < -0.39 is 5.91 Å². The van der Waals surface area contributed by atoms with Crippen molar-refractivity contribution in [3.05, 3.63) is 54.2 Å². The minimum Gasteiger partial charge on any atom is -0.491 e. The maximum absolute atomic E-state index is 12.8. The standard InChI is InChI=1S/C21H20N8O5/c1-11(2)32-13-6-12(20(31)25-16-4-5-29(3)27-16)7-14(8-13)33-17-10-23-15(9-24-17)21-26-19(18(22)30)28-34-21/h4-11H,1-3H3,(H2,22,30)(H,25,27,31). The van der Waals surface area contributed by atoms with E-state index >= 15 is 0 Å². The van der Waals surface area contributed by atoms with Crippen molar-refractivity contribution in [1.82, 2.24) is 29.9 Å². The SMILES string of the molecule is CC(C)Oc1cc(Oc2cnc(-c3nc(C(N)=O)no3)cn2)cc(C(=O)Nc2ccn(C)n2)c1. The molecular formula is C21H20N8O5. The second kappa shape index (κ2) is 9.36. The van der Waals surface area contributed by atoms with Crippen LogP contribution in [0.2, 0.25) is 0 Å². The van der Waals surface area contributed by atoms with Crippen molar-refractivity contribution in [2.75, 3.05) is 5.32 Å². The van der Waals surface area contributed by atoms with Gasteiger partial charge in [-0.3, -0.25) is 14.3 Å². The average molecular weight is 464 g/mol. The zero-order valence-electron chi connectivity index (χ0n) is 18.4. The molecule has 3 aromatic heterocycles. The van der Waals surface area contributed by atoms with Gasteiger partial charge in [0.2, 0.25) is 5.88 Å². The van der Waals surface area contributed by atoms with Crippen molar-refractivity contribution >= 4 is 17.6 Å². The Morgan fingerprint density at radius 3 is 2.56 bits per heavy atom. The Hall–Kier alpha value is -4.81. The number of aryl methyl sites for hydroxylation is 1. The molecule has 0 saturated heterocycles. The number of hydrogen-bond donors (Lipinski definition) is 2. The molecule has 4 aromatic rings. The Morgan fingerprint density at radius 1 is 1.15 bits per heavy atom. The second-order valence-electron chi connectivity index (χ2n) is 7.32. The first-order valence-electron chi connectivity index (χ1n) is 10.0. The minimum absolute atomic E-state index is 0.0198. The number of amides is 2. The highest BCUT2D eigenvalue weighted by molar-refractivity contribution is 6.04. The Balaban J connectivity index is 1.55. The first kappa shape index (κ1) is 22.4. The molecule has 13 heteroatoms. The Bertz CT molecular complexity index is 1330. The molecule has 0 aliphatic carbocycles. The number of benzene rings is 1. The number of nitrogens with one attached hydrogen (secondary N) is 1. The summed E-state index contributed by atoms with van der Waals surface area (Å²) in [7, 11) is 1.75. The third-order valence-electron chi connectivity index (χ3n) is 4.19. The van der Waals surface area contributed by atoms with Crippen LogP contribution in [0.1, 0.15) is 34.8 Å². The fourth-order valence-corrected chi connectivity index (χ4v) is 2.80. The van der Waals surface area contributed by atoms with Crippen LogP contribution in [0.15, 0.2) is 47.4 Å². The molecule has 0 radical (unpaired) electrons. The summed E-state index contributed by atoms with van der Waals surface area (Å²) in [5.41, 5.74) is 5.63. The van der Waals surface area contributed by atoms with Gasteiger partial charge in [-0.1, -0.05) is 5.16 Å². The molecule has 3 N–H and O–H groups in total. The monoisotopic (exact) mass is 464 g/mol. The van der Waals surface area contributed by atoms with Gasteiger partial charge in [-0.2, -0.15) is 10.1 Å². The van der Waals surface area contributed by atoms with Gasteiger partial charge >= 0.3 is 0 Å². The molecule has 2 amide bonds. The molecule has 0 bridgehead atoms. The van der Waals surface area contributed by atoms with Crippen molar-refractivity contribution < 1.29 is 23.6 Å². The van der Waals surface area contributed by atoms with Gasteiger partial charge in [-0.15, -0.1) is 0 Å². The molecular weight excluding hydrogens is 444 g/mol. The Labute approximate surface area is 192 Å². The minimum atomic E-state index is -0.825. The van der Waals surface area contributed by atoms with Crippen LogP contribution in [0.4, 0.5) is 5.82 Å². The highest BCUT2D eigenvalue weighted by atomic mass is 16.5. The summed E-state index contributed by atoms with van der Waals surface area (Å²) in [5, 5.41) is 10.3. The lowest BCUT2D eigenvalue weighted by Gasteiger charge is -2.13. The van der Waals surface area contributed by atoms with E-state index in [1.807, 2.05) is 13.8 Å². The molecule has 0 aliphatic heterocycles. The summed E-state index contributed by atoms with van der Waals surface area (Å²) >= 11 is 0. The van der Waals surface area contributed by atoms with E-state index in [1.54, 1.807) is 36.1 Å². The number of carbonyl (C=O) groups excluding carboxylic acids is 2. The molecule has 4 rings (SSSR count). The van der Waals surface area contributed by atoms with Crippen LogP contribution in [0.3, 0.4) is 0 Å². The van der Waals surface area contributed by atoms with Gasteiger partial charge in [0.05, 0.1) is 18.5 Å². The number of nitrogens with two attached hydrogens (primary N) is 1. The number of hydrogen-bond acceptors (Lipinski definition) is 10. The molecule has 0 aliphatic rings. The molecule has 1 aromatic carbocycles. The van der Waals surface area contributed by atoms with E-state index in [2.05, 4.69) is 30.5 Å². The number of ether oxygens (including phenoxy) is 2. The van der Waals surface area contributed by atoms with E-state index in [9.17, 15) is 9.59 Å². The maximum atomic E-state index is 12.8. The smallest absolute Gasteiger partial charge is 0.290 e. The number of nitrogens with zero attached hydrogens (tertiary/aromatic N) is 6. The summed E-state index contributed by atoms with van der Waals surface area (Å²) in [6.45, 7) is 3.74. The summed E-state index contributed by atoms with van der Waals surface area (Å²) < 4.78 is 18.1. The van der Waals surface area contributed by atoms with E-state index in [4.69, 9.17) is 19.7 Å². The fourth-order valence-electron chi connectivity index (χ4n) is 2.80. The second-order valence-corrected chi connectivity index (χ2v) is 7.32. The number of primary amides is 1. The van der Waals surface area contributed by atoms with Crippen LogP contribution in [0.5, 0.6) is 17.4 Å². The van der Waals surface area contributed by atoms with E-state index in [-0.39, 0.29) is 35.3 Å². The number of carbonyl (C=O) groups is 2. The van der Waals surface area contributed by atoms with E-state index in [1.165, 1.54) is 18.5 Å². The summed E-state index contributed by atoms with van der Waals surface area (Å²) in [5.74, 6) is -0.212. The molecule has 3 heterocycles. The predicted molar refractivity (Wildman–Crippen MR) is 117 cm³/mol. The molecule has 34 heavy (non-hydrogen) atoms. The van der Waals surface area contributed by atoms with Crippen molar-refractivity contribution in [2.24, 2.45) is 12.8 Å². The Kier molecular flexibility index (Phi) is 6.16. The number of aromatic nitrogens is 6. The first-order valence-corrected chi connectivity index (χ1v) is 10.0. The van der Waals surface area contributed by atoms with Crippen LogP contribution >= 0.6 is 0 Å². The van der Waals surface area contributed by atoms with Crippen LogP contribution in [-0.2, 0) is 7.05 Å². The van der Waals surface area contributed by atoms with Crippen LogP contribution < -0.4 is 20.5 Å². The zero-order valence-corrected chi connectivity index (χ0v) is 18.4. The van der Waals surface area contributed by atoms with Crippen LogP contribution in [0, 0.1) is 0 Å². The first-order chi connectivity index (χ1) is 16.3. The van der Waals surface area contributed by atoms with Gasteiger partial charge < -0.3 is 25.0 Å². The van der Waals surface area contributed by atoms with Gasteiger partial charge in [-0.25, -0.2) is 9.97 Å². The molecule has 174 valence electrons. The van der Waals surface area contributed by atoms with Crippen molar-refractivity contribution in [1.29, 1.82) is 0 Å². The number of anilines is 1. The zero-order chi connectivity index (χ0) is 24.2. The maximum Gasteiger partial charge on any atom is 0.290 e. The topological polar surface area (TPSA) is 173 Å². The summed E-state index contributed by atoms with van der Waals surface area (Å²) in [6.07, 6.45) is 4.25. The normalized spacial score (nSPS) is 10.8. The van der Waals surface area contributed by atoms with Crippen molar-refractivity contribution in [2.45, 2.75) is 20.0 Å². The van der Waals surface area contributed by atoms with Crippen LogP contribution in [-0.4, -0.2) is 47.8 Å². The quantitative estimate of drug-likeness (QED) is 0.393. The molecule has 0 unspecified atom stereocenters. The van der Waals surface area contributed by atoms with Crippen molar-refractivity contribution in [3.63, 3.8) is 0 Å². The summed E-state index contributed by atoms with van der Waals surface area (Å²) in [4.78, 5) is 36.0. The predicted octanol–water partition coefficient (Wildman–Crippen LogP) is 2.19. The third kappa shape index (κ3) is 5.32. The van der Waals surface area contributed by atoms with Crippen molar-refractivity contribution in [3.8, 4) is 29.0 Å². The number of rotatable bonds is 8. The lowest BCUT2D eigenvalue weighted by Crippen LogP contribution is -2.13. The molecule has 0 fully saturated rings. The Morgan fingerprint density at radius 2 is 1.94 bits per heavy atom. The molecule has 0 atom stereocenters. The van der Waals surface area contributed by atoms with Gasteiger partial charge in [0.25, 0.3) is 23.5 Å². The van der Waals surface area contributed by atoms with Gasteiger partial charge in [0.15, 0.2) is 5.82 Å². The van der Waals surface area contributed by atoms with Gasteiger partial charge in [0, 0.05) is 30.9 Å².